The van der Waals surface area contributed by atoms with Gasteiger partial charge >= 0.3 is 0 Å². The minimum Gasteiger partial charge on any atom is -0.454 e. The molecule has 0 aliphatic heterocycles. The maximum atomic E-state index is 6.66. The number of benzene rings is 14. The van der Waals surface area contributed by atoms with Gasteiger partial charge in [-0.05, 0) is 156 Å². The van der Waals surface area contributed by atoms with Gasteiger partial charge in [-0.1, -0.05) is 236 Å². The number of fused-ring (bicyclic) bond motifs is 18. The quantitative estimate of drug-likeness (QED) is 0.130. The average Bonchev–Trinajstić information content (AvgIpc) is 1.60. The van der Waals surface area contributed by atoms with Gasteiger partial charge in [-0.25, -0.2) is 9.97 Å². The zero-order chi connectivity index (χ0) is 69.0. The van der Waals surface area contributed by atoms with Crippen LogP contribution in [0.4, 0.5) is 0 Å². The number of aryl methyl sites for hydroxylation is 1. The first-order valence-corrected chi connectivity index (χ1v) is 36.1. The molecule has 0 atom stereocenters. The molecule has 0 radical (unpaired) electrons. The standard InChI is InChI=1S/C97H63N7O/c1-60-48-64(51-62-45-47-90-80(54-62)76-31-9-13-36-84(76)101(90)91-42-21-33-79-78-32-10-19-43-93(78)105-97(79)91)53-66(49-60)67-56-94(102-85-37-14-4-26-71(85)72-27-5-15-38-86(72)102)99-95(57-67)104-89-41-18-8-30-75(89)77-46-44-63(55-92(77)104)50-61-22-20-23-65(52-61)81-58-68(100-82-34-11-2-24-69(82)70-25-3-12-35-83(70)100)59-96(98-81)103-87-39-16-6-28-73(87)74-29-7-17-40-88(74)103/h2-49,52-59H,50-51H2,1H3. The van der Waals surface area contributed by atoms with Crippen LogP contribution in [-0.2, 0) is 12.8 Å². The monoisotopic (exact) mass is 1340 g/mol. The summed E-state index contributed by atoms with van der Waals surface area (Å²) in [6.07, 6.45) is 1.44. The summed E-state index contributed by atoms with van der Waals surface area (Å²) >= 11 is 0. The van der Waals surface area contributed by atoms with E-state index in [0.717, 1.165) is 135 Å². The van der Waals surface area contributed by atoms with Gasteiger partial charge in [0.2, 0.25) is 0 Å². The third-order valence-corrected chi connectivity index (χ3v) is 21.9. The van der Waals surface area contributed by atoms with E-state index in [1.807, 2.05) is 6.07 Å². The molecule has 14 aromatic carbocycles. The Balaban J connectivity index is 0.674. The van der Waals surface area contributed by atoms with E-state index in [4.69, 9.17) is 14.4 Å². The molecule has 0 fully saturated rings. The van der Waals surface area contributed by atoms with Crippen LogP contribution >= 0.6 is 0 Å². The SMILES string of the molecule is Cc1cc(Cc2ccc3c(c2)c2ccccc2n3-c2cccc3c2oc2ccccc23)cc(-c2cc(-n3c4ccccc4c4ccccc43)nc(-n3c4ccccc4c4ccc(Cc5cccc(-c6cc(-n7c8ccccc8c8ccccc87)cc(-n7c8ccccc8c8ccccc87)n6)c5)cc43)c2)c1. The van der Waals surface area contributed by atoms with Crippen molar-refractivity contribution in [3.8, 4) is 51.2 Å². The Morgan fingerprint density at radius 2 is 0.657 bits per heavy atom. The molecule has 0 unspecified atom stereocenters. The van der Waals surface area contributed by atoms with E-state index in [0.29, 0.717) is 6.42 Å². The van der Waals surface area contributed by atoms with Gasteiger partial charge in [0.05, 0.1) is 72.2 Å². The van der Waals surface area contributed by atoms with Crippen molar-refractivity contribution in [3.05, 3.63) is 368 Å². The van der Waals surface area contributed by atoms with E-state index >= 15 is 0 Å². The normalized spacial score (nSPS) is 12.1. The molecule has 8 heteroatoms. The van der Waals surface area contributed by atoms with Crippen LogP contribution in [0.25, 0.3) is 182 Å². The topological polar surface area (TPSA) is 63.6 Å². The minimum atomic E-state index is 0.692. The van der Waals surface area contributed by atoms with Crippen molar-refractivity contribution in [1.82, 2.24) is 32.8 Å². The van der Waals surface area contributed by atoms with Crippen molar-refractivity contribution in [3.63, 3.8) is 0 Å². The first kappa shape index (κ1) is 58.9. The Morgan fingerprint density at radius 3 is 1.24 bits per heavy atom. The van der Waals surface area contributed by atoms with Crippen molar-refractivity contribution in [1.29, 1.82) is 0 Å². The highest BCUT2D eigenvalue weighted by molar-refractivity contribution is 6.15. The van der Waals surface area contributed by atoms with Crippen molar-refractivity contribution < 1.29 is 4.42 Å². The van der Waals surface area contributed by atoms with Crippen molar-refractivity contribution in [2.75, 3.05) is 0 Å². The predicted molar refractivity (Wildman–Crippen MR) is 435 cm³/mol. The van der Waals surface area contributed by atoms with E-state index < -0.39 is 0 Å². The van der Waals surface area contributed by atoms with Crippen molar-refractivity contribution in [2.45, 2.75) is 19.8 Å². The van der Waals surface area contributed by atoms with Gasteiger partial charge in [-0.3, -0.25) is 13.7 Å². The molecule has 105 heavy (non-hydrogen) atoms. The van der Waals surface area contributed by atoms with Crippen LogP contribution in [0.1, 0.15) is 27.8 Å². The van der Waals surface area contributed by atoms with Crippen molar-refractivity contribution >= 4 is 131 Å². The molecule has 8 aromatic heterocycles. The number of para-hydroxylation sites is 10. The van der Waals surface area contributed by atoms with E-state index in [9.17, 15) is 0 Å². The highest BCUT2D eigenvalue weighted by Gasteiger charge is 2.24. The van der Waals surface area contributed by atoms with E-state index in [-0.39, 0.29) is 0 Å². The lowest BCUT2D eigenvalue weighted by atomic mass is 9.96. The maximum absolute atomic E-state index is 6.66. The number of pyridine rings is 2. The molecule has 0 amide bonds. The van der Waals surface area contributed by atoms with Crippen LogP contribution < -0.4 is 0 Å². The summed E-state index contributed by atoms with van der Waals surface area (Å²) in [5.41, 5.74) is 25.3. The Labute approximate surface area is 603 Å². The zero-order valence-corrected chi connectivity index (χ0v) is 57.3. The summed E-state index contributed by atoms with van der Waals surface area (Å²) in [7, 11) is 0. The summed E-state index contributed by atoms with van der Waals surface area (Å²) in [6.45, 7) is 2.23. The largest absolute Gasteiger partial charge is 0.454 e. The molecule has 8 heterocycles. The number of hydrogen-bond donors (Lipinski definition) is 0. The van der Waals surface area contributed by atoms with Crippen LogP contribution in [0.15, 0.2) is 344 Å². The van der Waals surface area contributed by atoms with Gasteiger partial charge in [0.1, 0.15) is 23.0 Å². The Bertz CT molecular complexity index is 7100. The molecule has 22 aromatic rings. The van der Waals surface area contributed by atoms with E-state index in [2.05, 4.69) is 363 Å². The van der Waals surface area contributed by atoms with E-state index in [1.165, 1.54) is 81.7 Å². The number of rotatable bonds is 11. The fourth-order valence-corrected chi connectivity index (χ4v) is 17.4. The first-order chi connectivity index (χ1) is 51.9. The van der Waals surface area contributed by atoms with Gasteiger partial charge in [0, 0.05) is 76.3 Å². The lowest BCUT2D eigenvalue weighted by molar-refractivity contribution is 0.666. The molecule has 0 saturated carbocycles. The van der Waals surface area contributed by atoms with Crippen LogP contribution in [0.5, 0.6) is 0 Å². The predicted octanol–water partition coefficient (Wildman–Crippen LogP) is 24.7. The third-order valence-electron chi connectivity index (χ3n) is 21.9. The summed E-state index contributed by atoms with van der Waals surface area (Å²) in [5.74, 6) is 2.54. The lowest BCUT2D eigenvalue weighted by Crippen LogP contribution is -2.05. The molecular formula is C97H63N7O. The molecular weight excluding hydrogens is 1280 g/mol. The van der Waals surface area contributed by atoms with Crippen LogP contribution in [0.3, 0.4) is 0 Å². The van der Waals surface area contributed by atoms with Gasteiger partial charge in [0.15, 0.2) is 5.58 Å². The molecule has 492 valence electrons. The van der Waals surface area contributed by atoms with E-state index in [1.54, 1.807) is 0 Å². The highest BCUT2D eigenvalue weighted by atomic mass is 16.3. The highest BCUT2D eigenvalue weighted by Crippen LogP contribution is 2.43. The second-order valence-corrected chi connectivity index (χ2v) is 28.2. The number of furan rings is 1. The molecule has 0 N–H and O–H groups in total. The fraction of sp³-hybridized carbons (Fsp3) is 0.0309. The molecule has 0 spiro atoms. The molecule has 0 aliphatic rings. The number of nitrogens with zero attached hydrogens (tertiary/aromatic N) is 7. The number of hydrogen-bond acceptors (Lipinski definition) is 3. The number of aromatic nitrogens is 7. The Morgan fingerprint density at radius 1 is 0.248 bits per heavy atom. The Hall–Kier alpha value is -13.8. The second kappa shape index (κ2) is 23.1. The maximum Gasteiger partial charge on any atom is 0.159 e. The lowest BCUT2D eigenvalue weighted by Gasteiger charge is -2.16. The van der Waals surface area contributed by atoms with Gasteiger partial charge in [0.25, 0.3) is 0 Å². The molecule has 0 bridgehead atoms. The minimum absolute atomic E-state index is 0.692. The summed E-state index contributed by atoms with van der Waals surface area (Å²) in [6, 6.07) is 124. The molecule has 0 aliphatic carbocycles. The Kier molecular flexibility index (Phi) is 13.0. The van der Waals surface area contributed by atoms with Gasteiger partial charge < -0.3 is 13.6 Å². The third kappa shape index (κ3) is 9.26. The van der Waals surface area contributed by atoms with Crippen LogP contribution in [-0.4, -0.2) is 32.8 Å². The summed E-state index contributed by atoms with van der Waals surface area (Å²) in [5, 5.41) is 14.2. The van der Waals surface area contributed by atoms with Gasteiger partial charge in [-0.15, -0.1) is 0 Å². The van der Waals surface area contributed by atoms with Gasteiger partial charge in [-0.2, -0.15) is 0 Å². The van der Waals surface area contributed by atoms with Crippen LogP contribution in [0, 0.1) is 6.92 Å². The molecule has 8 nitrogen and oxygen atoms in total. The zero-order valence-electron chi connectivity index (χ0n) is 57.3. The average molecular weight is 1340 g/mol. The molecule has 0 saturated heterocycles. The van der Waals surface area contributed by atoms with Crippen LogP contribution in [0.2, 0.25) is 0 Å². The van der Waals surface area contributed by atoms with Crippen molar-refractivity contribution in [2.24, 2.45) is 0 Å². The molecule has 22 rings (SSSR count). The fourth-order valence-electron chi connectivity index (χ4n) is 17.4. The first-order valence-electron chi connectivity index (χ1n) is 36.1. The summed E-state index contributed by atoms with van der Waals surface area (Å²) < 4.78 is 18.6. The summed E-state index contributed by atoms with van der Waals surface area (Å²) in [4.78, 5) is 11.5. The smallest absolute Gasteiger partial charge is 0.159 e. The second-order valence-electron chi connectivity index (χ2n) is 28.2.